The van der Waals surface area contributed by atoms with Crippen LogP contribution in [0.2, 0.25) is 0 Å². The van der Waals surface area contributed by atoms with E-state index in [1.807, 2.05) is 6.07 Å². The van der Waals surface area contributed by atoms with Crippen LogP contribution >= 0.6 is 11.8 Å². The molecule has 1 N–H and O–H groups in total. The first-order valence-corrected chi connectivity index (χ1v) is 9.10. The number of ether oxygens (including phenoxy) is 1. The summed E-state index contributed by atoms with van der Waals surface area (Å²) in [6.45, 7) is 1.33. The number of imide groups is 1. The summed E-state index contributed by atoms with van der Waals surface area (Å²) in [6.07, 6.45) is 1.78. The SMILES string of the molecule is O=C(CSC1CC(=O)N(c2ccccc2)C1=O)NC1CCOCC1. The number of para-hydroxylation sites is 1. The summed E-state index contributed by atoms with van der Waals surface area (Å²) in [6, 6.07) is 9.03. The van der Waals surface area contributed by atoms with Crippen molar-refractivity contribution in [3.63, 3.8) is 0 Å². The van der Waals surface area contributed by atoms with E-state index in [0.29, 0.717) is 18.9 Å². The fourth-order valence-electron chi connectivity index (χ4n) is 2.87. The highest BCUT2D eigenvalue weighted by Gasteiger charge is 2.40. The number of hydrogen-bond acceptors (Lipinski definition) is 5. The lowest BCUT2D eigenvalue weighted by Crippen LogP contribution is -2.40. The standard InChI is InChI=1S/C17H20N2O4S/c20-15(18-12-6-8-23-9-7-12)11-24-14-10-16(21)19(17(14)22)13-4-2-1-3-5-13/h1-5,12,14H,6-11H2,(H,18,20). The average molecular weight is 348 g/mol. The van der Waals surface area contributed by atoms with E-state index >= 15 is 0 Å². The summed E-state index contributed by atoms with van der Waals surface area (Å²) in [5.74, 6) is -0.363. The Hall–Kier alpha value is -1.86. The van der Waals surface area contributed by atoms with Gasteiger partial charge in [-0.15, -0.1) is 11.8 Å². The molecule has 6 nitrogen and oxygen atoms in total. The maximum absolute atomic E-state index is 12.5. The number of amides is 3. The third-order valence-electron chi connectivity index (χ3n) is 4.12. The minimum Gasteiger partial charge on any atom is -0.381 e. The minimum atomic E-state index is -0.488. The number of hydrogen-bond donors (Lipinski definition) is 1. The molecule has 7 heteroatoms. The summed E-state index contributed by atoms with van der Waals surface area (Å²) < 4.78 is 5.26. The van der Waals surface area contributed by atoms with Crippen LogP contribution in [0.25, 0.3) is 0 Å². The monoisotopic (exact) mass is 348 g/mol. The van der Waals surface area contributed by atoms with Crippen molar-refractivity contribution in [2.75, 3.05) is 23.9 Å². The van der Waals surface area contributed by atoms with Crippen molar-refractivity contribution >= 4 is 35.2 Å². The van der Waals surface area contributed by atoms with Gasteiger partial charge in [0.1, 0.15) is 0 Å². The number of nitrogens with zero attached hydrogens (tertiary/aromatic N) is 1. The second-order valence-electron chi connectivity index (χ2n) is 5.86. The maximum Gasteiger partial charge on any atom is 0.247 e. The van der Waals surface area contributed by atoms with Crippen LogP contribution in [0.15, 0.2) is 30.3 Å². The number of benzene rings is 1. The van der Waals surface area contributed by atoms with E-state index in [4.69, 9.17) is 4.74 Å². The van der Waals surface area contributed by atoms with E-state index in [1.165, 1.54) is 16.7 Å². The van der Waals surface area contributed by atoms with Gasteiger partial charge < -0.3 is 10.1 Å². The molecule has 2 heterocycles. The molecule has 0 saturated carbocycles. The van der Waals surface area contributed by atoms with Crippen molar-refractivity contribution in [2.45, 2.75) is 30.6 Å². The molecule has 0 aromatic heterocycles. The van der Waals surface area contributed by atoms with Gasteiger partial charge >= 0.3 is 0 Å². The lowest BCUT2D eigenvalue weighted by molar-refractivity contribution is -0.121. The van der Waals surface area contributed by atoms with Crippen LogP contribution in [0.3, 0.4) is 0 Å². The Labute approximate surface area is 144 Å². The molecule has 2 saturated heterocycles. The van der Waals surface area contributed by atoms with Gasteiger partial charge in [-0.3, -0.25) is 14.4 Å². The lowest BCUT2D eigenvalue weighted by atomic mass is 10.1. The van der Waals surface area contributed by atoms with Crippen molar-refractivity contribution < 1.29 is 19.1 Å². The summed E-state index contributed by atoms with van der Waals surface area (Å²) in [5, 5.41) is 2.47. The number of nitrogens with one attached hydrogen (secondary N) is 1. The quantitative estimate of drug-likeness (QED) is 0.813. The number of anilines is 1. The first-order chi connectivity index (χ1) is 11.6. The first kappa shape index (κ1) is 17.0. The predicted molar refractivity (Wildman–Crippen MR) is 91.8 cm³/mol. The number of carbonyl (C=O) groups is 3. The molecule has 1 unspecified atom stereocenters. The maximum atomic E-state index is 12.5. The van der Waals surface area contributed by atoms with Gasteiger partial charge in [0.05, 0.1) is 16.7 Å². The number of rotatable bonds is 5. The summed E-state index contributed by atoms with van der Waals surface area (Å²) >= 11 is 1.24. The molecular formula is C17H20N2O4S. The largest absolute Gasteiger partial charge is 0.381 e. The van der Waals surface area contributed by atoms with Crippen molar-refractivity contribution in [3.05, 3.63) is 30.3 Å². The smallest absolute Gasteiger partial charge is 0.247 e. The highest BCUT2D eigenvalue weighted by molar-refractivity contribution is 8.01. The van der Waals surface area contributed by atoms with E-state index in [-0.39, 0.29) is 35.9 Å². The van der Waals surface area contributed by atoms with Gasteiger partial charge in [0.15, 0.2) is 0 Å². The van der Waals surface area contributed by atoms with Gasteiger partial charge in [0.25, 0.3) is 0 Å². The first-order valence-electron chi connectivity index (χ1n) is 8.05. The average Bonchev–Trinajstić information content (AvgIpc) is 2.88. The molecule has 24 heavy (non-hydrogen) atoms. The molecule has 2 aliphatic heterocycles. The van der Waals surface area contributed by atoms with Crippen LogP contribution in [0, 0.1) is 0 Å². The summed E-state index contributed by atoms with van der Waals surface area (Å²) in [5.41, 5.74) is 0.585. The molecule has 3 amide bonds. The van der Waals surface area contributed by atoms with E-state index in [9.17, 15) is 14.4 Å². The molecular weight excluding hydrogens is 328 g/mol. The van der Waals surface area contributed by atoms with Gasteiger partial charge in [-0.2, -0.15) is 0 Å². The molecule has 128 valence electrons. The topological polar surface area (TPSA) is 75.7 Å². The fourth-order valence-corrected chi connectivity index (χ4v) is 3.81. The van der Waals surface area contributed by atoms with Gasteiger partial charge in [-0.25, -0.2) is 4.90 Å². The third kappa shape index (κ3) is 3.96. The summed E-state index contributed by atoms with van der Waals surface area (Å²) in [4.78, 5) is 37.8. The van der Waals surface area contributed by atoms with Gasteiger partial charge in [0.2, 0.25) is 17.7 Å². The Morgan fingerprint density at radius 3 is 2.62 bits per heavy atom. The molecule has 0 aliphatic carbocycles. The van der Waals surface area contributed by atoms with Crippen LogP contribution in [0.5, 0.6) is 0 Å². The van der Waals surface area contributed by atoms with Crippen molar-refractivity contribution in [1.29, 1.82) is 0 Å². The van der Waals surface area contributed by atoms with E-state index in [2.05, 4.69) is 5.32 Å². The molecule has 2 aliphatic rings. The summed E-state index contributed by atoms with van der Waals surface area (Å²) in [7, 11) is 0. The highest BCUT2D eigenvalue weighted by Crippen LogP contribution is 2.29. The zero-order valence-electron chi connectivity index (χ0n) is 13.3. The molecule has 2 fully saturated rings. The second kappa shape index (κ2) is 7.81. The normalized spacial score (nSPS) is 22.0. The molecule has 0 spiro atoms. The van der Waals surface area contributed by atoms with Crippen LogP contribution in [0.4, 0.5) is 5.69 Å². The van der Waals surface area contributed by atoms with Crippen LogP contribution in [0.1, 0.15) is 19.3 Å². The molecule has 1 aromatic carbocycles. The minimum absolute atomic E-state index is 0.0923. The van der Waals surface area contributed by atoms with Gasteiger partial charge in [-0.1, -0.05) is 18.2 Å². The van der Waals surface area contributed by atoms with E-state index in [1.54, 1.807) is 24.3 Å². The Bertz CT molecular complexity index is 616. The molecule has 1 atom stereocenters. The van der Waals surface area contributed by atoms with Gasteiger partial charge in [-0.05, 0) is 25.0 Å². The van der Waals surface area contributed by atoms with Crippen LogP contribution in [-0.4, -0.2) is 48.0 Å². The number of thioether (sulfide) groups is 1. The fraction of sp³-hybridized carbons (Fsp3) is 0.471. The Balaban J connectivity index is 1.52. The van der Waals surface area contributed by atoms with Gasteiger partial charge in [0, 0.05) is 25.7 Å². The molecule has 3 rings (SSSR count). The third-order valence-corrected chi connectivity index (χ3v) is 5.32. The Kier molecular flexibility index (Phi) is 5.52. The highest BCUT2D eigenvalue weighted by atomic mass is 32.2. The van der Waals surface area contributed by atoms with Crippen molar-refractivity contribution in [1.82, 2.24) is 5.32 Å². The molecule has 1 aromatic rings. The second-order valence-corrected chi connectivity index (χ2v) is 7.05. The van der Waals surface area contributed by atoms with E-state index < -0.39 is 5.25 Å². The van der Waals surface area contributed by atoms with Crippen molar-refractivity contribution in [3.8, 4) is 0 Å². The Morgan fingerprint density at radius 2 is 1.92 bits per heavy atom. The van der Waals surface area contributed by atoms with Crippen molar-refractivity contribution in [2.24, 2.45) is 0 Å². The zero-order chi connectivity index (χ0) is 16.9. The molecule has 0 bridgehead atoms. The van der Waals surface area contributed by atoms with E-state index in [0.717, 1.165) is 12.8 Å². The molecule has 0 radical (unpaired) electrons. The zero-order valence-corrected chi connectivity index (χ0v) is 14.1. The number of carbonyl (C=O) groups excluding carboxylic acids is 3. The predicted octanol–water partition coefficient (Wildman–Crippen LogP) is 1.35. The Morgan fingerprint density at radius 1 is 1.21 bits per heavy atom. The van der Waals surface area contributed by atoms with Crippen LogP contribution in [-0.2, 0) is 19.1 Å². The lowest BCUT2D eigenvalue weighted by Gasteiger charge is -2.23. The van der Waals surface area contributed by atoms with Crippen LogP contribution < -0.4 is 10.2 Å².